The number of H-pyrrole nitrogens is 1. The number of hydrogen-bond donors (Lipinski definition) is 2. The molecule has 7 heteroatoms. The van der Waals surface area contributed by atoms with Gasteiger partial charge in [0.2, 0.25) is 0 Å². The number of aromatic nitrogens is 2. The number of nitrogens with one attached hydrogen (secondary N) is 2. The average molecular weight is 377 g/mol. The van der Waals surface area contributed by atoms with Crippen LogP contribution in [0, 0.1) is 11.3 Å². The van der Waals surface area contributed by atoms with Gasteiger partial charge in [0, 0.05) is 23.4 Å². The van der Waals surface area contributed by atoms with Crippen LogP contribution in [0.5, 0.6) is 0 Å². The lowest BCUT2D eigenvalue weighted by Crippen LogP contribution is -2.39. The van der Waals surface area contributed by atoms with Crippen molar-refractivity contribution in [1.29, 1.82) is 0 Å². The minimum atomic E-state index is 0.0207. The molecule has 134 valence electrons. The lowest BCUT2D eigenvalue weighted by Gasteiger charge is -2.28. The average Bonchev–Trinajstić information content (AvgIpc) is 2.91. The Morgan fingerprint density at radius 2 is 2.24 bits per heavy atom. The fourth-order valence-corrected chi connectivity index (χ4v) is 5.55. The zero-order chi connectivity index (χ0) is 17.6. The van der Waals surface area contributed by atoms with Crippen LogP contribution in [0.3, 0.4) is 0 Å². The quantitative estimate of drug-likeness (QED) is 0.843. The van der Waals surface area contributed by atoms with Gasteiger partial charge in [-0.25, -0.2) is 4.98 Å². The number of nitrogens with zero attached hydrogens (tertiary/aromatic N) is 2. The van der Waals surface area contributed by atoms with Gasteiger partial charge in [0.25, 0.3) is 5.56 Å². The Morgan fingerprint density at radius 1 is 1.40 bits per heavy atom. The largest absolute Gasteiger partial charge is 0.364 e. The summed E-state index contributed by atoms with van der Waals surface area (Å²) in [6.45, 7) is 8.46. The van der Waals surface area contributed by atoms with Crippen LogP contribution >= 0.6 is 23.1 Å². The van der Waals surface area contributed by atoms with Crippen molar-refractivity contribution in [2.24, 2.45) is 16.3 Å². The number of aromatic amines is 1. The predicted molar refractivity (Wildman–Crippen MR) is 107 cm³/mol. The van der Waals surface area contributed by atoms with Gasteiger partial charge in [-0.3, -0.25) is 9.79 Å². The van der Waals surface area contributed by atoms with Crippen LogP contribution in [0.15, 0.2) is 9.79 Å². The van der Waals surface area contributed by atoms with E-state index in [1.807, 2.05) is 0 Å². The number of rotatable bonds is 2. The molecule has 0 aromatic carbocycles. The molecule has 0 radical (unpaired) electrons. The van der Waals surface area contributed by atoms with Gasteiger partial charge in [-0.2, -0.15) is 0 Å². The van der Waals surface area contributed by atoms with Crippen molar-refractivity contribution in [3.63, 3.8) is 0 Å². The summed E-state index contributed by atoms with van der Waals surface area (Å²) >= 11 is 3.32. The molecule has 3 heterocycles. The number of thiophene rings is 1. The van der Waals surface area contributed by atoms with Gasteiger partial charge in [0.05, 0.1) is 11.1 Å². The molecule has 5 nitrogen and oxygen atoms in total. The van der Waals surface area contributed by atoms with Crippen LogP contribution in [-0.4, -0.2) is 28.2 Å². The molecule has 0 amide bonds. The van der Waals surface area contributed by atoms with Gasteiger partial charge >= 0.3 is 0 Å². The minimum Gasteiger partial charge on any atom is -0.364 e. The van der Waals surface area contributed by atoms with Gasteiger partial charge in [-0.1, -0.05) is 32.5 Å². The summed E-state index contributed by atoms with van der Waals surface area (Å²) in [6, 6.07) is 0. The molecular formula is C18H24N4OS2. The third-order valence-electron chi connectivity index (χ3n) is 4.93. The van der Waals surface area contributed by atoms with Crippen LogP contribution in [0.2, 0.25) is 0 Å². The molecule has 0 saturated carbocycles. The molecule has 1 aliphatic carbocycles. The molecule has 1 atom stereocenters. The van der Waals surface area contributed by atoms with Crippen molar-refractivity contribution in [2.75, 3.05) is 13.1 Å². The molecule has 1 aliphatic heterocycles. The van der Waals surface area contributed by atoms with Crippen molar-refractivity contribution >= 4 is 38.5 Å². The number of hydrogen-bond acceptors (Lipinski definition) is 6. The summed E-state index contributed by atoms with van der Waals surface area (Å²) in [5, 5.41) is 5.15. The molecule has 2 aromatic rings. The maximum Gasteiger partial charge on any atom is 0.259 e. The fraction of sp³-hybridized carbons (Fsp3) is 0.611. The monoisotopic (exact) mass is 376 g/mol. The lowest BCUT2D eigenvalue weighted by atomic mass is 9.89. The summed E-state index contributed by atoms with van der Waals surface area (Å²) in [7, 11) is 0. The number of amidine groups is 1. The first-order chi connectivity index (χ1) is 11.9. The van der Waals surface area contributed by atoms with E-state index in [1.165, 1.54) is 10.4 Å². The van der Waals surface area contributed by atoms with E-state index < -0.39 is 0 Å². The summed E-state index contributed by atoms with van der Waals surface area (Å²) in [6.07, 6.45) is 3.25. The summed E-state index contributed by atoms with van der Waals surface area (Å²) in [4.78, 5) is 27.2. The molecule has 0 bridgehead atoms. The van der Waals surface area contributed by atoms with Crippen molar-refractivity contribution in [1.82, 2.24) is 15.3 Å². The highest BCUT2D eigenvalue weighted by atomic mass is 32.2. The molecule has 4 rings (SSSR count). The van der Waals surface area contributed by atoms with Crippen LogP contribution < -0.4 is 10.9 Å². The minimum absolute atomic E-state index is 0.0207. The van der Waals surface area contributed by atoms with Crippen molar-refractivity contribution in [3.8, 4) is 0 Å². The van der Waals surface area contributed by atoms with E-state index in [0.717, 1.165) is 53.6 Å². The van der Waals surface area contributed by atoms with E-state index in [9.17, 15) is 4.79 Å². The zero-order valence-corrected chi connectivity index (χ0v) is 16.6. The first-order valence-electron chi connectivity index (χ1n) is 8.86. The highest BCUT2D eigenvalue weighted by Gasteiger charge is 2.24. The second kappa shape index (κ2) is 6.43. The van der Waals surface area contributed by atoms with Crippen molar-refractivity contribution in [2.45, 2.75) is 45.8 Å². The molecule has 2 aliphatic rings. The maximum absolute atomic E-state index is 12.6. The van der Waals surface area contributed by atoms with Crippen LogP contribution in [-0.2, 0) is 18.6 Å². The summed E-state index contributed by atoms with van der Waals surface area (Å²) in [5.41, 5.74) is 1.47. The lowest BCUT2D eigenvalue weighted by molar-refractivity contribution is 0.364. The SMILES string of the molecule is C[C@H]1CCc2c(sc3nc(CSC4=NCC(C)(C)CN4)[nH]c(=O)c23)C1. The smallest absolute Gasteiger partial charge is 0.259 e. The highest BCUT2D eigenvalue weighted by Crippen LogP contribution is 2.35. The number of aryl methyl sites for hydroxylation is 1. The third-order valence-corrected chi connectivity index (χ3v) is 7.04. The van der Waals surface area contributed by atoms with Crippen LogP contribution in [0.4, 0.5) is 0 Å². The summed E-state index contributed by atoms with van der Waals surface area (Å²) in [5.74, 6) is 2.08. The Bertz CT molecular complexity index is 896. The molecule has 2 N–H and O–H groups in total. The molecule has 0 fully saturated rings. The van der Waals surface area contributed by atoms with Gasteiger partial charge < -0.3 is 10.3 Å². The zero-order valence-electron chi connectivity index (χ0n) is 14.9. The standard InChI is InChI=1S/C18H24N4OS2/c1-10-4-5-11-12(6-10)25-16-14(11)15(23)21-13(22-16)7-24-17-19-8-18(2,3)9-20-17/h10H,4-9H2,1-3H3,(H,19,20)(H,21,22,23)/t10-/m0/s1. The van der Waals surface area contributed by atoms with Gasteiger partial charge in [0.15, 0.2) is 5.17 Å². The second-order valence-corrected chi connectivity index (χ2v) is 10.0. The predicted octanol–water partition coefficient (Wildman–Crippen LogP) is 3.33. The van der Waals surface area contributed by atoms with E-state index in [1.54, 1.807) is 23.1 Å². The normalized spacial score (nSPS) is 22.4. The Balaban J connectivity index is 1.56. The molecule has 2 aromatic heterocycles. The highest BCUT2D eigenvalue weighted by molar-refractivity contribution is 8.13. The molecular weight excluding hydrogens is 352 g/mol. The van der Waals surface area contributed by atoms with Crippen LogP contribution in [0.25, 0.3) is 10.2 Å². The van der Waals surface area contributed by atoms with Gasteiger partial charge in [-0.15, -0.1) is 11.3 Å². The van der Waals surface area contributed by atoms with Gasteiger partial charge in [-0.05, 0) is 30.7 Å². The number of thioether (sulfide) groups is 1. The maximum atomic E-state index is 12.6. The van der Waals surface area contributed by atoms with Gasteiger partial charge in [0.1, 0.15) is 10.7 Å². The third kappa shape index (κ3) is 3.49. The van der Waals surface area contributed by atoms with Crippen molar-refractivity contribution in [3.05, 3.63) is 26.6 Å². The first-order valence-corrected chi connectivity index (χ1v) is 10.7. The van der Waals surface area contributed by atoms with Crippen molar-refractivity contribution < 1.29 is 0 Å². The summed E-state index contributed by atoms with van der Waals surface area (Å²) < 4.78 is 0. The fourth-order valence-electron chi connectivity index (χ4n) is 3.41. The van der Waals surface area contributed by atoms with E-state index in [4.69, 9.17) is 4.98 Å². The molecule has 0 saturated heterocycles. The Labute approximate surface area is 155 Å². The molecule has 25 heavy (non-hydrogen) atoms. The van der Waals surface area contributed by atoms with Crippen LogP contribution in [0.1, 0.15) is 43.5 Å². The Hall–Kier alpha value is -1.34. The van der Waals surface area contributed by atoms with E-state index in [-0.39, 0.29) is 11.0 Å². The van der Waals surface area contributed by atoms with E-state index >= 15 is 0 Å². The van der Waals surface area contributed by atoms with E-state index in [0.29, 0.717) is 11.7 Å². The molecule has 0 spiro atoms. The Morgan fingerprint density at radius 3 is 3.00 bits per heavy atom. The number of aliphatic imine (C=N–C) groups is 1. The first kappa shape index (κ1) is 17.1. The topological polar surface area (TPSA) is 70.1 Å². The Kier molecular flexibility index (Phi) is 4.40. The molecule has 0 unspecified atom stereocenters. The number of fused-ring (bicyclic) bond motifs is 3. The second-order valence-electron chi connectivity index (χ2n) is 7.97. The van der Waals surface area contributed by atoms with E-state index in [2.05, 4.69) is 36.1 Å².